The molecule has 0 heterocycles. The number of carbonyl (C=O) groups is 1. The van der Waals surface area contributed by atoms with Crippen LogP contribution in [0.4, 0.5) is 0 Å². The van der Waals surface area contributed by atoms with Crippen molar-refractivity contribution in [3.8, 4) is 5.75 Å². The number of aliphatic hydroxyl groups excluding tert-OH is 1. The summed E-state index contributed by atoms with van der Waals surface area (Å²) in [6.45, 7) is -0.359. The van der Waals surface area contributed by atoms with Gasteiger partial charge in [0.05, 0.1) is 0 Å². The van der Waals surface area contributed by atoms with Gasteiger partial charge in [-0.25, -0.2) is 4.79 Å². The quantitative estimate of drug-likeness (QED) is 0.755. The summed E-state index contributed by atoms with van der Waals surface area (Å²) in [5, 5.41) is 18.9. The highest BCUT2D eigenvalue weighted by Crippen LogP contribution is 2.37. The molecule has 1 aromatic carbocycles. The van der Waals surface area contributed by atoms with E-state index in [4.69, 9.17) is 9.84 Å². The van der Waals surface area contributed by atoms with E-state index in [0.717, 1.165) is 15.6 Å². The number of aliphatic hydroxyl groups is 1. The molecule has 25 heavy (non-hydrogen) atoms. The summed E-state index contributed by atoms with van der Waals surface area (Å²) < 4.78 is 6.13. The molecule has 0 fully saturated rings. The van der Waals surface area contributed by atoms with Gasteiger partial charge < -0.3 is 14.9 Å². The largest absolute Gasteiger partial charge is 0.512 e. The first kappa shape index (κ1) is 17.3. The Kier molecular flexibility index (Phi) is 5.24. The van der Waals surface area contributed by atoms with Gasteiger partial charge in [0, 0.05) is 16.3 Å². The van der Waals surface area contributed by atoms with Crippen LogP contribution in [0.5, 0.6) is 5.75 Å². The van der Waals surface area contributed by atoms with Crippen LogP contribution >= 0.6 is 15.9 Å². The molecule has 128 valence electrons. The Labute approximate surface area is 154 Å². The number of fused-ring (bicyclic) bond motifs is 1. The molecule has 1 aromatic rings. The van der Waals surface area contributed by atoms with Gasteiger partial charge >= 0.3 is 5.97 Å². The predicted molar refractivity (Wildman–Crippen MR) is 101 cm³/mol. The van der Waals surface area contributed by atoms with Gasteiger partial charge in [-0.1, -0.05) is 58.4 Å². The first-order valence-electron chi connectivity index (χ1n) is 7.82. The van der Waals surface area contributed by atoms with Crippen molar-refractivity contribution in [3.63, 3.8) is 0 Å². The second kappa shape index (κ2) is 7.57. The highest BCUT2D eigenvalue weighted by molar-refractivity contribution is 9.11. The molecule has 0 aromatic heterocycles. The molecule has 0 amide bonds. The van der Waals surface area contributed by atoms with E-state index in [1.165, 1.54) is 0 Å². The zero-order valence-electron chi connectivity index (χ0n) is 13.3. The summed E-state index contributed by atoms with van der Waals surface area (Å²) in [5.41, 5.74) is 2.10. The van der Waals surface area contributed by atoms with Gasteiger partial charge in [0.15, 0.2) is 6.61 Å². The lowest BCUT2D eigenvalue weighted by molar-refractivity contribution is -0.139. The van der Waals surface area contributed by atoms with E-state index in [1.54, 1.807) is 18.2 Å². The van der Waals surface area contributed by atoms with Crippen molar-refractivity contribution >= 4 is 28.0 Å². The standard InChI is InChI=1S/C20H17BrO4/c21-15-5-9-17-14(11-15)4-10-19(22)18(17)8-3-13-1-6-16(7-2-13)25-12-20(23)24/h1-11,17-18,22H,12H2,(H,23,24)/b8-3+. The number of aliphatic carboxylic acids is 1. The van der Waals surface area contributed by atoms with Crippen molar-refractivity contribution in [2.24, 2.45) is 11.8 Å². The Morgan fingerprint density at radius 3 is 2.72 bits per heavy atom. The van der Waals surface area contributed by atoms with E-state index >= 15 is 0 Å². The van der Waals surface area contributed by atoms with Gasteiger partial charge in [-0.05, 0) is 35.4 Å². The molecular formula is C20H17BrO4. The summed E-state index contributed by atoms with van der Waals surface area (Å²) >= 11 is 3.47. The number of rotatable bonds is 5. The molecule has 0 saturated carbocycles. The third-order valence-corrected chi connectivity index (χ3v) is 4.56. The van der Waals surface area contributed by atoms with Crippen LogP contribution in [0.1, 0.15) is 5.56 Å². The van der Waals surface area contributed by atoms with Crippen LogP contribution in [0.3, 0.4) is 0 Å². The fraction of sp³-hybridized carbons (Fsp3) is 0.150. The Bertz CT molecular complexity index is 813. The summed E-state index contributed by atoms with van der Waals surface area (Å²) in [7, 11) is 0. The van der Waals surface area contributed by atoms with Crippen LogP contribution in [0, 0.1) is 11.8 Å². The number of carboxylic acids is 1. The average molecular weight is 401 g/mol. The van der Waals surface area contributed by atoms with Crippen LogP contribution in [0.25, 0.3) is 6.08 Å². The number of benzene rings is 1. The summed E-state index contributed by atoms with van der Waals surface area (Å²) in [6.07, 6.45) is 13.7. The van der Waals surface area contributed by atoms with Crippen molar-refractivity contribution < 1.29 is 19.7 Å². The molecule has 2 unspecified atom stereocenters. The normalized spacial score (nSPS) is 22.0. The third kappa shape index (κ3) is 4.31. The van der Waals surface area contributed by atoms with Crippen molar-refractivity contribution in [2.45, 2.75) is 0 Å². The van der Waals surface area contributed by atoms with E-state index in [-0.39, 0.29) is 18.4 Å². The van der Waals surface area contributed by atoms with Gasteiger partial charge in [-0.3, -0.25) is 0 Å². The number of ether oxygens (including phenoxy) is 1. The lowest BCUT2D eigenvalue weighted by atomic mass is 9.78. The highest BCUT2D eigenvalue weighted by Gasteiger charge is 2.27. The zero-order chi connectivity index (χ0) is 17.8. The minimum Gasteiger partial charge on any atom is -0.512 e. The molecule has 2 aliphatic rings. The molecule has 2 N–H and O–H groups in total. The van der Waals surface area contributed by atoms with Crippen LogP contribution < -0.4 is 4.74 Å². The van der Waals surface area contributed by atoms with Crippen molar-refractivity contribution in [2.75, 3.05) is 6.61 Å². The Hall–Kier alpha value is -2.53. The number of hydrogen-bond acceptors (Lipinski definition) is 3. The fourth-order valence-corrected chi connectivity index (χ4v) is 3.24. The first-order valence-corrected chi connectivity index (χ1v) is 8.61. The first-order chi connectivity index (χ1) is 12.0. The molecule has 0 aliphatic heterocycles. The summed E-state index contributed by atoms with van der Waals surface area (Å²) in [6, 6.07) is 7.15. The average Bonchev–Trinajstić information content (AvgIpc) is 2.60. The van der Waals surface area contributed by atoms with Gasteiger partial charge in [-0.15, -0.1) is 0 Å². The van der Waals surface area contributed by atoms with Gasteiger partial charge in [0.1, 0.15) is 11.5 Å². The van der Waals surface area contributed by atoms with Crippen LogP contribution in [0.15, 0.2) is 76.5 Å². The number of halogens is 1. The second-order valence-electron chi connectivity index (χ2n) is 5.81. The fourth-order valence-electron chi connectivity index (χ4n) is 2.83. The van der Waals surface area contributed by atoms with E-state index < -0.39 is 5.97 Å². The molecule has 0 spiro atoms. The Morgan fingerprint density at radius 2 is 2.00 bits per heavy atom. The monoisotopic (exact) mass is 400 g/mol. The predicted octanol–water partition coefficient (Wildman–Crippen LogP) is 4.63. The van der Waals surface area contributed by atoms with E-state index in [2.05, 4.69) is 28.1 Å². The van der Waals surface area contributed by atoms with Gasteiger partial charge in [0.25, 0.3) is 0 Å². The van der Waals surface area contributed by atoms with Crippen molar-refractivity contribution in [1.82, 2.24) is 0 Å². The summed E-state index contributed by atoms with van der Waals surface area (Å²) in [4.78, 5) is 10.5. The minimum atomic E-state index is -1.01. The van der Waals surface area contributed by atoms with E-state index in [9.17, 15) is 9.90 Å². The molecule has 2 aliphatic carbocycles. The molecule has 5 heteroatoms. The Morgan fingerprint density at radius 1 is 1.24 bits per heavy atom. The molecule has 0 radical (unpaired) electrons. The number of carboxylic acid groups (broad SMARTS) is 1. The topological polar surface area (TPSA) is 66.8 Å². The Balaban J connectivity index is 1.71. The van der Waals surface area contributed by atoms with Gasteiger partial charge in [0.2, 0.25) is 0 Å². The second-order valence-corrected chi connectivity index (χ2v) is 6.72. The van der Waals surface area contributed by atoms with Crippen LogP contribution in [-0.4, -0.2) is 22.8 Å². The van der Waals surface area contributed by atoms with Crippen LogP contribution in [-0.2, 0) is 4.79 Å². The third-order valence-electron chi connectivity index (χ3n) is 4.07. The van der Waals surface area contributed by atoms with Crippen molar-refractivity contribution in [1.29, 1.82) is 0 Å². The number of allylic oxidation sites excluding steroid dienone is 8. The zero-order valence-corrected chi connectivity index (χ0v) is 14.9. The molecular weight excluding hydrogens is 384 g/mol. The van der Waals surface area contributed by atoms with Gasteiger partial charge in [-0.2, -0.15) is 0 Å². The molecule has 3 rings (SSSR count). The van der Waals surface area contributed by atoms with E-state index in [0.29, 0.717) is 11.5 Å². The minimum absolute atomic E-state index is 0.112. The molecule has 0 bridgehead atoms. The number of hydrogen-bond donors (Lipinski definition) is 2. The maximum Gasteiger partial charge on any atom is 0.341 e. The molecule has 4 nitrogen and oxygen atoms in total. The lowest BCUT2D eigenvalue weighted by Crippen LogP contribution is -2.19. The van der Waals surface area contributed by atoms with Crippen molar-refractivity contribution in [3.05, 3.63) is 82.1 Å². The molecule has 2 atom stereocenters. The highest BCUT2D eigenvalue weighted by atomic mass is 79.9. The maximum atomic E-state index is 10.5. The molecule has 0 saturated heterocycles. The summed E-state index contributed by atoms with van der Waals surface area (Å²) in [5.74, 6) is -0.164. The smallest absolute Gasteiger partial charge is 0.341 e. The van der Waals surface area contributed by atoms with E-state index in [1.807, 2.05) is 36.4 Å². The van der Waals surface area contributed by atoms with Crippen LogP contribution in [0.2, 0.25) is 0 Å². The maximum absolute atomic E-state index is 10.5. The lowest BCUT2D eigenvalue weighted by Gasteiger charge is -2.28. The SMILES string of the molecule is O=C(O)COc1ccc(/C=C/C2C(O)=CC=C3C=C(Br)C=CC32)cc1.